The van der Waals surface area contributed by atoms with E-state index in [4.69, 9.17) is 35.8 Å². The fraction of sp³-hybridized carbons (Fsp3) is 0.467. The Bertz CT molecular complexity index is 1600. The molecule has 2 atom stereocenters. The minimum Gasteiger partial charge on any atom is -0.466 e. The second-order valence-corrected chi connectivity index (χ2v) is 12.1. The van der Waals surface area contributed by atoms with Crippen LogP contribution in [0.25, 0.3) is 33.2 Å². The lowest BCUT2D eigenvalue weighted by atomic mass is 10.0. The van der Waals surface area contributed by atoms with E-state index in [1.807, 2.05) is 77.9 Å². The fourth-order valence-electron chi connectivity index (χ4n) is 5.53. The van der Waals surface area contributed by atoms with Gasteiger partial charge in [0.1, 0.15) is 11.4 Å². The van der Waals surface area contributed by atoms with Crippen molar-refractivity contribution >= 4 is 45.3 Å². The SMILES string of the molecule is COCOc1c(-c2ccc3c(Cl)c(N4C[C@@H](C)N(C(=O)OC(C)(C)C)[C@@H](C)C4)cnc3n2)cc2cn(C)nc2c1C. The molecule has 0 N–H and O–H groups in total. The van der Waals surface area contributed by atoms with E-state index in [1.54, 1.807) is 18.0 Å². The Balaban J connectivity index is 1.47. The summed E-state index contributed by atoms with van der Waals surface area (Å²) in [6, 6.07) is 5.76. The third-order valence-corrected chi connectivity index (χ3v) is 7.60. The molecule has 0 spiro atoms. The molecule has 4 heterocycles. The number of rotatable bonds is 5. The summed E-state index contributed by atoms with van der Waals surface area (Å²) in [5, 5.41) is 6.90. The van der Waals surface area contributed by atoms with Gasteiger partial charge in [-0.15, -0.1) is 0 Å². The standard InChI is InChI=1S/C30H37ClN6O4/c1-17-13-36(14-18(2)37(17)29(38)41-30(4,5)6)24-12-32-28-21(25(24)31)9-10-23(33-28)22-11-20-15-35(7)34-26(20)19(3)27(22)40-16-39-8/h9-12,15,17-18H,13-14,16H2,1-8H3/t17-,18+. The number of benzene rings is 1. The van der Waals surface area contributed by atoms with E-state index >= 15 is 0 Å². The number of aromatic nitrogens is 4. The molecule has 1 fully saturated rings. The molecule has 0 saturated carbocycles. The molecular weight excluding hydrogens is 544 g/mol. The van der Waals surface area contributed by atoms with E-state index in [0.29, 0.717) is 35.2 Å². The largest absolute Gasteiger partial charge is 0.466 e. The second kappa shape index (κ2) is 11.0. The maximum Gasteiger partial charge on any atom is 0.410 e. The number of carbonyl (C=O) groups is 1. The molecule has 4 aromatic rings. The first kappa shape index (κ1) is 28.9. The van der Waals surface area contributed by atoms with Gasteiger partial charge in [-0.2, -0.15) is 5.10 Å². The second-order valence-electron chi connectivity index (χ2n) is 11.7. The Morgan fingerprint density at radius 3 is 2.54 bits per heavy atom. The van der Waals surface area contributed by atoms with E-state index in [1.165, 1.54) is 0 Å². The van der Waals surface area contributed by atoms with Gasteiger partial charge in [0.25, 0.3) is 0 Å². The Morgan fingerprint density at radius 2 is 1.88 bits per heavy atom. The molecule has 0 bridgehead atoms. The number of halogens is 1. The van der Waals surface area contributed by atoms with E-state index in [9.17, 15) is 4.79 Å². The summed E-state index contributed by atoms with van der Waals surface area (Å²) in [6.45, 7) is 13.0. The average Bonchev–Trinajstić information content (AvgIpc) is 3.27. The van der Waals surface area contributed by atoms with Crippen molar-refractivity contribution in [2.24, 2.45) is 7.05 Å². The molecule has 10 nitrogen and oxygen atoms in total. The van der Waals surface area contributed by atoms with Crippen molar-refractivity contribution in [1.82, 2.24) is 24.6 Å². The molecule has 0 aliphatic carbocycles. The lowest BCUT2D eigenvalue weighted by Crippen LogP contribution is -2.59. The number of piperazine rings is 1. The summed E-state index contributed by atoms with van der Waals surface area (Å²) in [6.07, 6.45) is 3.44. The van der Waals surface area contributed by atoms with Crippen LogP contribution in [0, 0.1) is 6.92 Å². The van der Waals surface area contributed by atoms with Gasteiger partial charge in [-0.25, -0.2) is 14.8 Å². The van der Waals surface area contributed by atoms with E-state index < -0.39 is 5.60 Å². The maximum absolute atomic E-state index is 12.9. The molecule has 3 aromatic heterocycles. The normalized spacial score (nSPS) is 17.9. The summed E-state index contributed by atoms with van der Waals surface area (Å²) >= 11 is 6.98. The van der Waals surface area contributed by atoms with Crippen LogP contribution in [0.1, 0.15) is 40.2 Å². The van der Waals surface area contributed by atoms with Crippen LogP contribution in [-0.4, -0.2) is 75.4 Å². The van der Waals surface area contributed by atoms with Crippen molar-refractivity contribution in [3.05, 3.63) is 41.2 Å². The van der Waals surface area contributed by atoms with Gasteiger partial charge in [-0.3, -0.25) is 9.58 Å². The Morgan fingerprint density at radius 1 is 1.17 bits per heavy atom. The highest BCUT2D eigenvalue weighted by Crippen LogP contribution is 2.39. The summed E-state index contributed by atoms with van der Waals surface area (Å²) in [4.78, 5) is 26.4. The topological polar surface area (TPSA) is 94.8 Å². The Kier molecular flexibility index (Phi) is 7.74. The monoisotopic (exact) mass is 580 g/mol. The third kappa shape index (κ3) is 5.63. The summed E-state index contributed by atoms with van der Waals surface area (Å²) in [5.41, 5.74) is 4.10. The number of carbonyl (C=O) groups excluding carboxylic acids is 1. The number of ether oxygens (including phenoxy) is 3. The van der Waals surface area contributed by atoms with E-state index in [2.05, 4.69) is 10.00 Å². The lowest BCUT2D eigenvalue weighted by molar-refractivity contribution is 0.00566. The van der Waals surface area contributed by atoms with E-state index in [-0.39, 0.29) is 25.0 Å². The summed E-state index contributed by atoms with van der Waals surface area (Å²) < 4.78 is 18.6. The number of anilines is 1. The van der Waals surface area contributed by atoms with Crippen LogP contribution in [0.4, 0.5) is 10.5 Å². The van der Waals surface area contributed by atoms with Crippen LogP contribution in [0.3, 0.4) is 0 Å². The number of amides is 1. The zero-order chi connectivity index (χ0) is 29.6. The fourth-order valence-corrected chi connectivity index (χ4v) is 5.84. The van der Waals surface area contributed by atoms with Crippen molar-refractivity contribution in [3.63, 3.8) is 0 Å². The quantitative estimate of drug-likeness (QED) is 0.267. The third-order valence-electron chi connectivity index (χ3n) is 7.20. The minimum atomic E-state index is -0.551. The number of nitrogens with zero attached hydrogens (tertiary/aromatic N) is 6. The molecule has 0 unspecified atom stereocenters. The highest BCUT2D eigenvalue weighted by Gasteiger charge is 2.36. The van der Waals surface area contributed by atoms with E-state index in [0.717, 1.165) is 33.1 Å². The van der Waals surface area contributed by atoms with Gasteiger partial charge in [0.05, 0.1) is 40.2 Å². The molecule has 5 rings (SSSR count). The van der Waals surface area contributed by atoms with Crippen molar-refractivity contribution in [1.29, 1.82) is 0 Å². The van der Waals surface area contributed by atoms with Crippen LogP contribution in [0.2, 0.25) is 5.02 Å². The predicted molar refractivity (Wildman–Crippen MR) is 161 cm³/mol. The first-order valence-electron chi connectivity index (χ1n) is 13.7. The molecule has 218 valence electrons. The van der Waals surface area contributed by atoms with Gasteiger partial charge in [0.15, 0.2) is 12.4 Å². The van der Waals surface area contributed by atoms with Gasteiger partial charge in [0, 0.05) is 55.3 Å². The van der Waals surface area contributed by atoms with Crippen LogP contribution in [-0.2, 0) is 16.5 Å². The maximum atomic E-state index is 12.9. The van der Waals surface area contributed by atoms with Crippen molar-refractivity contribution in [2.75, 3.05) is 31.9 Å². The molecule has 0 radical (unpaired) electrons. The zero-order valence-electron chi connectivity index (χ0n) is 24.9. The number of hydrogen-bond donors (Lipinski definition) is 0. The molecule has 1 amide bonds. The van der Waals surface area contributed by atoms with Gasteiger partial charge in [-0.1, -0.05) is 11.6 Å². The number of fused-ring (bicyclic) bond motifs is 2. The molecule has 11 heteroatoms. The highest BCUT2D eigenvalue weighted by molar-refractivity contribution is 6.37. The van der Waals surface area contributed by atoms with Gasteiger partial charge in [-0.05, 0) is 59.7 Å². The van der Waals surface area contributed by atoms with Crippen LogP contribution in [0.5, 0.6) is 5.75 Å². The number of pyridine rings is 2. The molecule has 1 aliphatic rings. The van der Waals surface area contributed by atoms with Gasteiger partial charge < -0.3 is 19.1 Å². The van der Waals surface area contributed by atoms with Gasteiger partial charge in [0.2, 0.25) is 0 Å². The van der Waals surface area contributed by atoms with Gasteiger partial charge >= 0.3 is 6.09 Å². The molecule has 1 saturated heterocycles. The highest BCUT2D eigenvalue weighted by atomic mass is 35.5. The van der Waals surface area contributed by atoms with Crippen molar-refractivity contribution < 1.29 is 19.0 Å². The minimum absolute atomic E-state index is 0.0722. The lowest BCUT2D eigenvalue weighted by Gasteiger charge is -2.45. The number of hydrogen-bond acceptors (Lipinski definition) is 8. The molecule has 1 aliphatic heterocycles. The molecular formula is C30H37ClN6O4. The first-order chi connectivity index (χ1) is 19.4. The number of methoxy groups -OCH3 is 1. The number of aryl methyl sites for hydroxylation is 2. The molecule has 1 aromatic carbocycles. The molecule has 41 heavy (non-hydrogen) atoms. The van der Waals surface area contributed by atoms with Crippen LogP contribution >= 0.6 is 11.6 Å². The average molecular weight is 581 g/mol. The first-order valence-corrected chi connectivity index (χ1v) is 14.1. The smallest absolute Gasteiger partial charge is 0.410 e. The Hall–Kier alpha value is -3.63. The van der Waals surface area contributed by atoms with Crippen LogP contribution < -0.4 is 9.64 Å². The van der Waals surface area contributed by atoms with Crippen molar-refractivity contribution in [3.8, 4) is 17.0 Å². The van der Waals surface area contributed by atoms with Crippen LogP contribution in [0.15, 0.2) is 30.6 Å². The van der Waals surface area contributed by atoms with Crippen molar-refractivity contribution in [2.45, 2.75) is 59.2 Å². The summed E-state index contributed by atoms with van der Waals surface area (Å²) in [5.74, 6) is 0.665. The summed E-state index contributed by atoms with van der Waals surface area (Å²) in [7, 11) is 3.48. The zero-order valence-corrected chi connectivity index (χ0v) is 25.6. The predicted octanol–water partition coefficient (Wildman–Crippen LogP) is 5.96. The Labute approximate surface area is 245 Å².